The van der Waals surface area contributed by atoms with Crippen LogP contribution in [0.5, 0.6) is 11.5 Å². The third kappa shape index (κ3) is 2.63. The highest BCUT2D eigenvalue weighted by atomic mass is 16.5. The molecule has 3 heteroatoms. The summed E-state index contributed by atoms with van der Waals surface area (Å²) in [5.74, 6) is 1.62. The molecule has 15 heavy (non-hydrogen) atoms. The predicted molar refractivity (Wildman–Crippen MR) is 61.7 cm³/mol. The van der Waals surface area contributed by atoms with E-state index in [0.29, 0.717) is 0 Å². The van der Waals surface area contributed by atoms with Crippen LogP contribution in [0.4, 0.5) is 0 Å². The minimum atomic E-state index is 0.789. The first-order chi connectivity index (χ1) is 7.10. The van der Waals surface area contributed by atoms with E-state index in [0.717, 1.165) is 23.6 Å². The molecule has 0 aliphatic rings. The van der Waals surface area contributed by atoms with Crippen LogP contribution in [0.25, 0.3) is 0 Å². The molecule has 3 nitrogen and oxygen atoms in total. The van der Waals surface area contributed by atoms with Crippen LogP contribution in [0, 0.1) is 6.92 Å². The minimum Gasteiger partial charge on any atom is -0.493 e. The van der Waals surface area contributed by atoms with Gasteiger partial charge in [-0.3, -0.25) is 0 Å². The van der Waals surface area contributed by atoms with E-state index in [4.69, 9.17) is 9.47 Å². The molecular weight excluding hydrogens is 190 g/mol. The Morgan fingerprint density at radius 3 is 2.27 bits per heavy atom. The summed E-state index contributed by atoms with van der Waals surface area (Å²) >= 11 is 0. The molecule has 0 radical (unpaired) electrons. The minimum absolute atomic E-state index is 0.789. The van der Waals surface area contributed by atoms with Crippen LogP contribution in [0.1, 0.15) is 11.1 Å². The molecule has 0 amide bonds. The number of hydrogen-bond donors (Lipinski definition) is 0. The van der Waals surface area contributed by atoms with E-state index >= 15 is 0 Å². The molecule has 0 fully saturated rings. The van der Waals surface area contributed by atoms with Crippen LogP contribution >= 0.6 is 0 Å². The van der Waals surface area contributed by atoms with E-state index in [1.165, 1.54) is 5.56 Å². The maximum atomic E-state index is 5.35. The van der Waals surface area contributed by atoms with Crippen molar-refractivity contribution in [3.8, 4) is 11.5 Å². The monoisotopic (exact) mass is 209 g/mol. The summed E-state index contributed by atoms with van der Waals surface area (Å²) in [5, 5.41) is 0. The van der Waals surface area contributed by atoms with Crippen molar-refractivity contribution in [2.24, 2.45) is 0 Å². The van der Waals surface area contributed by atoms with E-state index in [-0.39, 0.29) is 0 Å². The lowest BCUT2D eigenvalue weighted by Gasteiger charge is -2.16. The van der Waals surface area contributed by atoms with Gasteiger partial charge in [0.1, 0.15) is 0 Å². The molecule has 1 rings (SSSR count). The van der Waals surface area contributed by atoms with Crippen molar-refractivity contribution < 1.29 is 9.47 Å². The number of ether oxygens (including phenoxy) is 2. The van der Waals surface area contributed by atoms with E-state index in [2.05, 4.69) is 32.0 Å². The summed E-state index contributed by atoms with van der Waals surface area (Å²) in [4.78, 5) is 2.13. The molecule has 0 N–H and O–H groups in total. The van der Waals surface area contributed by atoms with Gasteiger partial charge in [-0.15, -0.1) is 0 Å². The fraction of sp³-hybridized carbons (Fsp3) is 0.500. The van der Waals surface area contributed by atoms with Crippen LogP contribution in [0.15, 0.2) is 12.1 Å². The molecule has 0 aromatic heterocycles. The average molecular weight is 209 g/mol. The summed E-state index contributed by atoms with van der Waals surface area (Å²) < 4.78 is 10.6. The molecule has 0 unspecified atom stereocenters. The SMILES string of the molecule is COc1ccc(CN(C)C)c(C)c1OC. The molecule has 0 saturated carbocycles. The van der Waals surface area contributed by atoms with Crippen molar-refractivity contribution in [2.45, 2.75) is 13.5 Å². The topological polar surface area (TPSA) is 21.7 Å². The number of benzene rings is 1. The Morgan fingerprint density at radius 2 is 1.80 bits per heavy atom. The lowest BCUT2D eigenvalue weighted by atomic mass is 10.1. The van der Waals surface area contributed by atoms with Crippen LogP contribution in [-0.4, -0.2) is 33.2 Å². The predicted octanol–water partition coefficient (Wildman–Crippen LogP) is 2.07. The van der Waals surface area contributed by atoms with E-state index < -0.39 is 0 Å². The number of methoxy groups -OCH3 is 2. The van der Waals surface area contributed by atoms with Gasteiger partial charge in [-0.2, -0.15) is 0 Å². The molecule has 0 heterocycles. The van der Waals surface area contributed by atoms with Gasteiger partial charge in [0.2, 0.25) is 0 Å². The van der Waals surface area contributed by atoms with E-state index in [1.807, 2.05) is 6.07 Å². The highest BCUT2D eigenvalue weighted by molar-refractivity contribution is 5.50. The highest BCUT2D eigenvalue weighted by Crippen LogP contribution is 2.32. The Morgan fingerprint density at radius 1 is 1.13 bits per heavy atom. The van der Waals surface area contributed by atoms with Crippen molar-refractivity contribution in [3.05, 3.63) is 23.3 Å². The van der Waals surface area contributed by atoms with Crippen molar-refractivity contribution in [2.75, 3.05) is 28.3 Å². The van der Waals surface area contributed by atoms with Crippen LogP contribution in [0.3, 0.4) is 0 Å². The second kappa shape index (κ2) is 5.03. The quantitative estimate of drug-likeness (QED) is 0.757. The maximum Gasteiger partial charge on any atom is 0.163 e. The van der Waals surface area contributed by atoms with Gasteiger partial charge in [-0.1, -0.05) is 6.07 Å². The zero-order chi connectivity index (χ0) is 11.4. The van der Waals surface area contributed by atoms with Gasteiger partial charge in [-0.05, 0) is 38.2 Å². The lowest BCUT2D eigenvalue weighted by molar-refractivity contribution is 0.349. The third-order valence-corrected chi connectivity index (χ3v) is 2.39. The third-order valence-electron chi connectivity index (χ3n) is 2.39. The molecule has 84 valence electrons. The molecular formula is C12H19NO2. The van der Waals surface area contributed by atoms with E-state index in [9.17, 15) is 0 Å². The standard InChI is InChI=1S/C12H19NO2/c1-9-10(8-13(2)3)6-7-11(14-4)12(9)15-5/h6-7H,8H2,1-5H3. The molecule has 0 saturated heterocycles. The van der Waals surface area contributed by atoms with Crippen molar-refractivity contribution in [1.82, 2.24) is 4.90 Å². The summed E-state index contributed by atoms with van der Waals surface area (Å²) in [5.41, 5.74) is 2.41. The van der Waals surface area contributed by atoms with Gasteiger partial charge in [0.15, 0.2) is 11.5 Å². The fourth-order valence-electron chi connectivity index (χ4n) is 1.63. The van der Waals surface area contributed by atoms with E-state index in [1.54, 1.807) is 14.2 Å². The number of nitrogens with zero attached hydrogens (tertiary/aromatic N) is 1. The van der Waals surface area contributed by atoms with Crippen molar-refractivity contribution >= 4 is 0 Å². The first-order valence-electron chi connectivity index (χ1n) is 4.95. The molecule has 1 aromatic rings. The molecule has 1 aromatic carbocycles. The Labute approximate surface area is 91.6 Å². The first kappa shape index (κ1) is 11.9. The highest BCUT2D eigenvalue weighted by Gasteiger charge is 2.11. The molecule has 0 aliphatic heterocycles. The largest absolute Gasteiger partial charge is 0.493 e. The van der Waals surface area contributed by atoms with Crippen LogP contribution in [-0.2, 0) is 6.54 Å². The summed E-state index contributed by atoms with van der Waals surface area (Å²) in [7, 11) is 7.43. The lowest BCUT2D eigenvalue weighted by Crippen LogP contribution is -2.12. The number of rotatable bonds is 4. The summed E-state index contributed by atoms with van der Waals surface area (Å²) in [6, 6.07) is 4.03. The maximum absolute atomic E-state index is 5.35. The molecule has 0 aliphatic carbocycles. The Hall–Kier alpha value is -1.22. The molecule has 0 bridgehead atoms. The normalized spacial score (nSPS) is 10.5. The Kier molecular flexibility index (Phi) is 3.97. The van der Waals surface area contributed by atoms with Crippen LogP contribution < -0.4 is 9.47 Å². The van der Waals surface area contributed by atoms with Gasteiger partial charge < -0.3 is 14.4 Å². The van der Waals surface area contributed by atoms with Gasteiger partial charge in [0.05, 0.1) is 14.2 Å². The second-order valence-corrected chi connectivity index (χ2v) is 3.82. The van der Waals surface area contributed by atoms with Gasteiger partial charge in [-0.25, -0.2) is 0 Å². The fourth-order valence-corrected chi connectivity index (χ4v) is 1.63. The van der Waals surface area contributed by atoms with Crippen molar-refractivity contribution in [1.29, 1.82) is 0 Å². The zero-order valence-corrected chi connectivity index (χ0v) is 10.1. The number of hydrogen-bond acceptors (Lipinski definition) is 3. The smallest absolute Gasteiger partial charge is 0.163 e. The zero-order valence-electron chi connectivity index (χ0n) is 10.1. The van der Waals surface area contributed by atoms with Gasteiger partial charge in [0, 0.05) is 6.54 Å². The average Bonchev–Trinajstić information content (AvgIpc) is 2.20. The van der Waals surface area contributed by atoms with Crippen LogP contribution in [0.2, 0.25) is 0 Å². The first-order valence-corrected chi connectivity index (χ1v) is 4.95. The van der Waals surface area contributed by atoms with Gasteiger partial charge in [0.25, 0.3) is 0 Å². The molecule has 0 spiro atoms. The Bertz CT molecular complexity index is 335. The second-order valence-electron chi connectivity index (χ2n) is 3.82. The van der Waals surface area contributed by atoms with Gasteiger partial charge >= 0.3 is 0 Å². The molecule has 0 atom stereocenters. The summed E-state index contributed by atoms with van der Waals surface area (Å²) in [6.07, 6.45) is 0. The Balaban J connectivity index is 3.11. The van der Waals surface area contributed by atoms with Crippen molar-refractivity contribution in [3.63, 3.8) is 0 Å². The summed E-state index contributed by atoms with van der Waals surface area (Å²) in [6.45, 7) is 2.96.